The molecular weight excluding hydrogens is 737 g/mol. The third kappa shape index (κ3) is 10.2. The Kier molecular flexibility index (Phi) is 13.5. The number of amides is 2. The summed E-state index contributed by atoms with van der Waals surface area (Å²) in [6.45, 7) is 2.73. The Balaban J connectivity index is 3.61. The Morgan fingerprint density at radius 3 is 1.19 bits per heavy atom. The molecule has 2 N–H and O–H groups in total. The molecular formula is C23H22F17N3O2S2. The number of carbonyl (C=O) groups is 2. The molecule has 0 aliphatic carbocycles. The number of benzene rings is 1. The van der Waals surface area contributed by atoms with E-state index in [9.17, 15) is 84.2 Å². The van der Waals surface area contributed by atoms with Crippen molar-refractivity contribution in [2.24, 2.45) is 0 Å². The zero-order chi connectivity index (χ0) is 37.0. The highest BCUT2D eigenvalue weighted by Crippen LogP contribution is 2.53. The normalized spacial score (nSPS) is 13.9. The zero-order valence-electron chi connectivity index (χ0n) is 23.4. The van der Waals surface area contributed by atoms with Gasteiger partial charge in [0.25, 0.3) is 0 Å². The monoisotopic (exact) mass is 759 g/mol. The fraction of sp³-hybridized carbons (Fsp3) is 0.652. The van der Waals surface area contributed by atoms with Crippen molar-refractivity contribution >= 4 is 52.4 Å². The lowest BCUT2D eigenvalue weighted by Gasteiger charge is -2.30. The van der Waals surface area contributed by atoms with Gasteiger partial charge in [-0.25, -0.2) is 0 Å². The molecule has 0 radical (unpaired) electrons. The van der Waals surface area contributed by atoms with Gasteiger partial charge in [-0.1, -0.05) is 37.4 Å². The lowest BCUT2D eigenvalue weighted by atomic mass is 10.1. The third-order valence-electron chi connectivity index (χ3n) is 5.50. The van der Waals surface area contributed by atoms with Crippen molar-refractivity contribution in [2.45, 2.75) is 67.6 Å². The molecule has 2 amide bonds. The lowest BCUT2D eigenvalue weighted by Crippen LogP contribution is -2.50. The molecule has 0 saturated carbocycles. The van der Waals surface area contributed by atoms with Crippen LogP contribution < -0.4 is 15.5 Å². The minimum absolute atomic E-state index is 0.139. The van der Waals surface area contributed by atoms with Crippen LogP contribution in [-0.4, -0.2) is 71.1 Å². The molecule has 0 aliphatic rings. The first-order chi connectivity index (χ1) is 21.0. The molecule has 0 spiro atoms. The minimum Gasteiger partial charge on any atom is -0.368 e. The van der Waals surface area contributed by atoms with Crippen LogP contribution in [0.2, 0.25) is 0 Å². The number of thioether (sulfide) groups is 2. The van der Waals surface area contributed by atoms with E-state index in [1.165, 1.54) is 13.8 Å². The van der Waals surface area contributed by atoms with Crippen molar-refractivity contribution < 1.29 is 84.2 Å². The highest BCUT2D eigenvalue weighted by Gasteiger charge is 2.74. The number of anilines is 3. The van der Waals surface area contributed by atoms with Crippen molar-refractivity contribution in [1.82, 2.24) is 0 Å². The van der Waals surface area contributed by atoms with Crippen LogP contribution in [0.15, 0.2) is 12.1 Å². The molecule has 47 heavy (non-hydrogen) atoms. The first kappa shape index (κ1) is 42.5. The Morgan fingerprint density at radius 1 is 0.617 bits per heavy atom. The molecule has 272 valence electrons. The summed E-state index contributed by atoms with van der Waals surface area (Å²) in [7, 11) is 0. The Morgan fingerprint density at radius 2 is 0.936 bits per heavy atom. The smallest absolute Gasteiger partial charge is 0.368 e. The van der Waals surface area contributed by atoms with E-state index >= 15 is 0 Å². The van der Waals surface area contributed by atoms with Crippen LogP contribution in [0.1, 0.15) is 32.3 Å². The van der Waals surface area contributed by atoms with E-state index in [2.05, 4.69) is 0 Å². The summed E-state index contributed by atoms with van der Waals surface area (Å²) in [4.78, 5) is 25.9. The van der Waals surface area contributed by atoms with E-state index < -0.39 is 110 Å². The molecule has 1 aromatic carbocycles. The zero-order valence-corrected chi connectivity index (χ0v) is 25.0. The molecule has 0 atom stereocenters. The van der Waals surface area contributed by atoms with E-state index in [1.54, 1.807) is 10.6 Å². The highest BCUT2D eigenvalue weighted by atomic mass is 32.2. The summed E-state index contributed by atoms with van der Waals surface area (Å²) in [5.41, 5.74) is -4.42. The van der Waals surface area contributed by atoms with Crippen LogP contribution in [0.5, 0.6) is 0 Å². The summed E-state index contributed by atoms with van der Waals surface area (Å²) in [5.74, 6) is -20.8. The van der Waals surface area contributed by atoms with Gasteiger partial charge in [0, 0.05) is 13.1 Å². The van der Waals surface area contributed by atoms with Crippen LogP contribution in [0.3, 0.4) is 0 Å². The largest absolute Gasteiger partial charge is 0.460 e. The number of nitrogens with zero attached hydrogens (tertiary/aromatic N) is 1. The van der Waals surface area contributed by atoms with Crippen LogP contribution in [-0.2, 0) is 15.8 Å². The fourth-order valence-electron chi connectivity index (χ4n) is 3.40. The fourth-order valence-corrected chi connectivity index (χ4v) is 4.76. The SMILES string of the molecule is CCCN(CCC)c1c(NC(=O)CSC(F)(F)C(F)(F)C(F)(F)F)cc(C(F)(F)F)cc1NC(=O)CSC(F)(F)C(F)(F)C(F)(F)F. The van der Waals surface area contributed by atoms with Crippen molar-refractivity contribution in [3.63, 3.8) is 0 Å². The number of carbonyl (C=O) groups excluding carboxylic acids is 2. The van der Waals surface area contributed by atoms with Crippen molar-refractivity contribution in [3.05, 3.63) is 17.7 Å². The van der Waals surface area contributed by atoms with Gasteiger partial charge >= 0.3 is 40.9 Å². The Bertz CT molecular complexity index is 1170. The summed E-state index contributed by atoms with van der Waals surface area (Å²) in [6, 6.07) is 0.280. The predicted molar refractivity (Wildman–Crippen MR) is 138 cm³/mol. The van der Waals surface area contributed by atoms with Crippen LogP contribution in [0.25, 0.3) is 0 Å². The molecule has 0 heterocycles. The second-order valence-electron chi connectivity index (χ2n) is 9.26. The number of halogens is 17. The van der Waals surface area contributed by atoms with Gasteiger partial charge in [-0.2, -0.15) is 74.6 Å². The lowest BCUT2D eigenvalue weighted by molar-refractivity contribution is -0.330. The Hall–Kier alpha value is -2.53. The first-order valence-electron chi connectivity index (χ1n) is 12.5. The van der Waals surface area contributed by atoms with Crippen LogP contribution >= 0.6 is 23.5 Å². The van der Waals surface area contributed by atoms with Gasteiger partial charge in [-0.05, 0) is 25.0 Å². The molecule has 0 bridgehead atoms. The average molecular weight is 760 g/mol. The van der Waals surface area contributed by atoms with E-state index in [-0.39, 0.29) is 38.1 Å². The highest BCUT2D eigenvalue weighted by molar-refractivity contribution is 8.01. The van der Waals surface area contributed by atoms with Gasteiger partial charge < -0.3 is 15.5 Å². The van der Waals surface area contributed by atoms with Gasteiger partial charge in [-0.15, -0.1) is 0 Å². The van der Waals surface area contributed by atoms with E-state index in [0.29, 0.717) is 0 Å². The number of rotatable bonds is 15. The maximum absolute atomic E-state index is 13.7. The summed E-state index contributed by atoms with van der Waals surface area (Å²) < 4.78 is 223. The summed E-state index contributed by atoms with van der Waals surface area (Å²) in [5, 5.41) is -8.64. The van der Waals surface area contributed by atoms with Gasteiger partial charge in [-0.3, -0.25) is 9.59 Å². The molecule has 5 nitrogen and oxygen atoms in total. The van der Waals surface area contributed by atoms with E-state index in [4.69, 9.17) is 0 Å². The van der Waals surface area contributed by atoms with Crippen molar-refractivity contribution in [3.8, 4) is 0 Å². The Labute approximate surface area is 262 Å². The standard InChI is InChI=1S/C23H22F17N3O2S2/c1-3-5-43(6-4-2)16-12(41-14(44)9-46-22(37,38)18(27,28)20(31,32)33)7-11(17(24,25)26)8-13(16)42-15(45)10-47-23(39,40)19(29,30)21(34,35)36/h7-8H,3-6,9-10H2,1-2H3,(H,41,44)(H,42,45). The molecule has 0 saturated heterocycles. The molecule has 1 aromatic rings. The number of nitrogens with one attached hydrogen (secondary N) is 2. The van der Waals surface area contributed by atoms with E-state index in [1.807, 2.05) is 0 Å². The average Bonchev–Trinajstić information content (AvgIpc) is 2.89. The maximum Gasteiger partial charge on any atom is 0.460 e. The second-order valence-corrected chi connectivity index (χ2v) is 11.4. The number of hydrogen-bond donors (Lipinski definition) is 2. The van der Waals surface area contributed by atoms with Crippen LogP contribution in [0, 0.1) is 0 Å². The van der Waals surface area contributed by atoms with Gasteiger partial charge in [0.15, 0.2) is 0 Å². The minimum atomic E-state index is -6.77. The number of hydrogen-bond acceptors (Lipinski definition) is 5. The first-order valence-corrected chi connectivity index (χ1v) is 14.5. The van der Waals surface area contributed by atoms with Gasteiger partial charge in [0.05, 0.1) is 34.1 Å². The summed E-state index contributed by atoms with van der Waals surface area (Å²) in [6.07, 6.45) is -18.6. The van der Waals surface area contributed by atoms with E-state index in [0.717, 1.165) is 4.90 Å². The predicted octanol–water partition coefficient (Wildman–Crippen LogP) is 9.26. The topological polar surface area (TPSA) is 61.4 Å². The molecule has 0 fully saturated rings. The molecule has 1 rings (SSSR count). The molecule has 0 aliphatic heterocycles. The molecule has 0 unspecified atom stereocenters. The summed E-state index contributed by atoms with van der Waals surface area (Å²) >= 11 is -3.05. The third-order valence-corrected chi connectivity index (χ3v) is 7.55. The van der Waals surface area contributed by atoms with Crippen molar-refractivity contribution in [1.29, 1.82) is 0 Å². The van der Waals surface area contributed by atoms with Gasteiger partial charge in [0.2, 0.25) is 11.8 Å². The maximum atomic E-state index is 13.7. The van der Waals surface area contributed by atoms with Crippen molar-refractivity contribution in [2.75, 3.05) is 40.1 Å². The number of alkyl halides is 17. The van der Waals surface area contributed by atoms with Crippen LogP contribution in [0.4, 0.5) is 91.7 Å². The molecule has 24 heteroatoms. The quantitative estimate of drug-likeness (QED) is 0.175. The second kappa shape index (κ2) is 14.9. The molecule has 0 aromatic heterocycles. The van der Waals surface area contributed by atoms with Gasteiger partial charge in [0.1, 0.15) is 0 Å².